The van der Waals surface area contributed by atoms with E-state index in [2.05, 4.69) is 0 Å². The number of hydrogen-bond donors (Lipinski definition) is 0. The lowest BCUT2D eigenvalue weighted by molar-refractivity contribution is -0.389. The first-order chi connectivity index (χ1) is 8.77. The second-order valence-electron chi connectivity index (χ2n) is 3.94. The Morgan fingerprint density at radius 3 is 1.70 bits per heavy atom. The zero-order valence-corrected chi connectivity index (χ0v) is 9.63. The zero-order chi connectivity index (χ0) is 16.0. The SMILES string of the molecule is Cc1[c]cccc1C(F)(C(F)(F)F)C(F)(F)C(F)(F)F. The van der Waals surface area contributed by atoms with Gasteiger partial charge in [0.2, 0.25) is 0 Å². The number of halogens is 9. The minimum atomic E-state index is -6.71. The van der Waals surface area contributed by atoms with Crippen LogP contribution in [0.5, 0.6) is 0 Å². The monoisotopic (exact) mass is 309 g/mol. The molecule has 0 spiro atoms. The number of hydrogen-bond acceptors (Lipinski definition) is 0. The van der Waals surface area contributed by atoms with Gasteiger partial charge in [-0.1, -0.05) is 18.2 Å². The summed E-state index contributed by atoms with van der Waals surface area (Å²) in [6, 6.07) is 3.83. The fourth-order valence-electron chi connectivity index (χ4n) is 1.59. The van der Waals surface area contributed by atoms with Crippen LogP contribution in [0.2, 0.25) is 0 Å². The summed E-state index contributed by atoms with van der Waals surface area (Å²) in [5.74, 6) is -6.64. The van der Waals surface area contributed by atoms with E-state index in [1.165, 1.54) is 0 Å². The van der Waals surface area contributed by atoms with Crippen molar-refractivity contribution in [1.82, 2.24) is 0 Å². The third-order valence-corrected chi connectivity index (χ3v) is 2.61. The molecule has 0 aromatic heterocycles. The Kier molecular flexibility index (Phi) is 3.79. The minimum absolute atomic E-state index is 0.221. The van der Waals surface area contributed by atoms with Gasteiger partial charge >= 0.3 is 23.9 Å². The Bertz CT molecular complexity index is 485. The van der Waals surface area contributed by atoms with Gasteiger partial charge in [-0.3, -0.25) is 0 Å². The Hall–Kier alpha value is -1.41. The Morgan fingerprint density at radius 2 is 1.35 bits per heavy atom. The number of benzene rings is 1. The molecule has 1 rings (SSSR count). The largest absolute Gasteiger partial charge is 0.457 e. The van der Waals surface area contributed by atoms with Gasteiger partial charge < -0.3 is 0 Å². The van der Waals surface area contributed by atoms with E-state index >= 15 is 0 Å². The lowest BCUT2D eigenvalue weighted by atomic mass is 9.85. The first-order valence-electron chi connectivity index (χ1n) is 4.94. The van der Waals surface area contributed by atoms with Crippen LogP contribution in [-0.2, 0) is 5.67 Å². The number of aryl methyl sites for hydroxylation is 1. The number of alkyl halides is 9. The average Bonchev–Trinajstić information content (AvgIpc) is 2.25. The summed E-state index contributed by atoms with van der Waals surface area (Å²) in [7, 11) is 0. The number of rotatable bonds is 2. The quantitative estimate of drug-likeness (QED) is 0.693. The van der Waals surface area contributed by atoms with Crippen LogP contribution in [0.3, 0.4) is 0 Å². The molecule has 0 heterocycles. The van der Waals surface area contributed by atoms with Crippen molar-refractivity contribution >= 4 is 0 Å². The van der Waals surface area contributed by atoms with Crippen LogP contribution in [0.4, 0.5) is 39.5 Å². The molecule has 0 aliphatic carbocycles. The van der Waals surface area contributed by atoms with Crippen LogP contribution < -0.4 is 0 Å². The fourth-order valence-corrected chi connectivity index (χ4v) is 1.59. The fraction of sp³-hybridized carbons (Fsp3) is 0.455. The Morgan fingerprint density at radius 1 is 0.850 bits per heavy atom. The second-order valence-corrected chi connectivity index (χ2v) is 3.94. The van der Waals surface area contributed by atoms with Gasteiger partial charge in [-0.25, -0.2) is 4.39 Å². The molecule has 0 fully saturated rings. The van der Waals surface area contributed by atoms with Crippen molar-refractivity contribution in [1.29, 1.82) is 0 Å². The highest BCUT2D eigenvalue weighted by Gasteiger charge is 2.81. The molecule has 0 bridgehead atoms. The maximum absolute atomic E-state index is 14.0. The standard InChI is InChI=1S/C11H6F9/c1-6-4-2-3-5-7(6)8(12,10(15,16)17)9(13,14)11(18,19)20/h2-3,5H,1H3. The predicted molar refractivity (Wildman–Crippen MR) is 49.9 cm³/mol. The van der Waals surface area contributed by atoms with Crippen molar-refractivity contribution in [2.45, 2.75) is 30.9 Å². The van der Waals surface area contributed by atoms with Crippen molar-refractivity contribution in [3.63, 3.8) is 0 Å². The summed E-state index contributed by atoms with van der Waals surface area (Å²) in [6.07, 6.45) is -13.2. The van der Waals surface area contributed by atoms with Crippen molar-refractivity contribution in [2.75, 3.05) is 0 Å². The van der Waals surface area contributed by atoms with Crippen LogP contribution in [-0.4, -0.2) is 18.3 Å². The molecular formula is C11H6F9. The lowest BCUT2D eigenvalue weighted by Gasteiger charge is -2.36. The van der Waals surface area contributed by atoms with E-state index in [1.54, 1.807) is 0 Å². The Balaban J connectivity index is 3.69. The molecule has 0 aliphatic rings. The van der Waals surface area contributed by atoms with Crippen LogP contribution >= 0.6 is 0 Å². The molecule has 0 nitrogen and oxygen atoms in total. The molecule has 113 valence electrons. The van der Waals surface area contributed by atoms with Crippen molar-refractivity contribution in [3.8, 4) is 0 Å². The van der Waals surface area contributed by atoms with Gasteiger partial charge in [-0.2, -0.15) is 35.1 Å². The Labute approximate surface area is 107 Å². The van der Waals surface area contributed by atoms with Crippen LogP contribution in [0.15, 0.2) is 18.2 Å². The molecule has 1 unspecified atom stereocenters. The van der Waals surface area contributed by atoms with Gasteiger partial charge in [0, 0.05) is 5.56 Å². The summed E-state index contributed by atoms with van der Waals surface area (Å²) < 4.78 is 115. The molecule has 0 N–H and O–H groups in total. The predicted octanol–water partition coefficient (Wildman–Crippen LogP) is 4.72. The van der Waals surface area contributed by atoms with Crippen molar-refractivity contribution in [2.24, 2.45) is 0 Å². The van der Waals surface area contributed by atoms with Gasteiger partial charge in [0.25, 0.3) is 0 Å². The first kappa shape index (κ1) is 16.6. The lowest BCUT2D eigenvalue weighted by Crippen LogP contribution is -2.60. The van der Waals surface area contributed by atoms with E-state index in [4.69, 9.17) is 0 Å². The van der Waals surface area contributed by atoms with E-state index in [-0.39, 0.29) is 6.07 Å². The summed E-state index contributed by atoms with van der Waals surface area (Å²) in [4.78, 5) is 0. The van der Waals surface area contributed by atoms with E-state index in [1.807, 2.05) is 6.07 Å². The molecule has 1 aromatic carbocycles. The maximum atomic E-state index is 14.0. The summed E-state index contributed by atoms with van der Waals surface area (Å²) in [6.45, 7) is 0.752. The highest BCUT2D eigenvalue weighted by atomic mass is 19.4. The smallest absolute Gasteiger partial charge is 0.221 e. The summed E-state index contributed by atoms with van der Waals surface area (Å²) >= 11 is 0. The van der Waals surface area contributed by atoms with Crippen molar-refractivity contribution in [3.05, 3.63) is 35.4 Å². The molecule has 20 heavy (non-hydrogen) atoms. The topological polar surface area (TPSA) is 0 Å². The highest BCUT2D eigenvalue weighted by Crippen LogP contribution is 2.58. The van der Waals surface area contributed by atoms with E-state index in [0.717, 1.165) is 13.0 Å². The molecule has 0 aliphatic heterocycles. The van der Waals surface area contributed by atoms with Gasteiger partial charge in [0.15, 0.2) is 0 Å². The summed E-state index contributed by atoms with van der Waals surface area (Å²) in [5, 5.41) is 0. The molecule has 1 atom stereocenters. The zero-order valence-electron chi connectivity index (χ0n) is 9.63. The molecule has 0 saturated carbocycles. The minimum Gasteiger partial charge on any atom is -0.221 e. The first-order valence-corrected chi connectivity index (χ1v) is 4.94. The van der Waals surface area contributed by atoms with E-state index < -0.39 is 35.1 Å². The normalized spacial score (nSPS) is 16.9. The van der Waals surface area contributed by atoms with Crippen LogP contribution in [0.1, 0.15) is 11.1 Å². The summed E-state index contributed by atoms with van der Waals surface area (Å²) in [5.41, 5.74) is -8.51. The average molecular weight is 309 g/mol. The van der Waals surface area contributed by atoms with Gasteiger partial charge in [-0.05, 0) is 18.6 Å². The van der Waals surface area contributed by atoms with Crippen LogP contribution in [0, 0.1) is 13.0 Å². The van der Waals surface area contributed by atoms with E-state index in [0.29, 0.717) is 6.07 Å². The second kappa shape index (κ2) is 4.56. The van der Waals surface area contributed by atoms with Gasteiger partial charge in [0.05, 0.1) is 0 Å². The van der Waals surface area contributed by atoms with Gasteiger partial charge in [-0.15, -0.1) is 0 Å². The molecule has 1 aromatic rings. The molecule has 0 saturated heterocycles. The maximum Gasteiger partial charge on any atom is 0.457 e. The van der Waals surface area contributed by atoms with Gasteiger partial charge in [0.1, 0.15) is 0 Å². The third kappa shape index (κ3) is 2.22. The molecule has 1 radical (unpaired) electrons. The van der Waals surface area contributed by atoms with Crippen LogP contribution in [0.25, 0.3) is 0 Å². The third-order valence-electron chi connectivity index (χ3n) is 2.61. The molecule has 9 heteroatoms. The molecule has 0 amide bonds. The van der Waals surface area contributed by atoms with Crippen molar-refractivity contribution < 1.29 is 39.5 Å². The molecular weight excluding hydrogens is 303 g/mol. The highest BCUT2D eigenvalue weighted by molar-refractivity contribution is 5.35. The van der Waals surface area contributed by atoms with E-state index in [9.17, 15) is 39.5 Å².